The number of rotatable bonds is 8. The molecule has 4 aromatic rings. The van der Waals surface area contributed by atoms with Crippen LogP contribution in [-0.4, -0.2) is 50.6 Å². The number of furan rings is 1. The maximum absolute atomic E-state index is 11.3. The summed E-state index contributed by atoms with van der Waals surface area (Å²) < 4.78 is 6.68. The van der Waals surface area contributed by atoms with Gasteiger partial charge in [-0.1, -0.05) is 12.1 Å². The molecular formula is C19H21N9O2. The summed E-state index contributed by atoms with van der Waals surface area (Å²) in [5.41, 5.74) is 8.00. The first-order valence-electron chi connectivity index (χ1n) is 9.34. The molecule has 5 N–H and O–H groups in total. The largest absolute Gasteiger partial charge is 0.461 e. The minimum atomic E-state index is -0.0662. The second-order valence-electron chi connectivity index (χ2n) is 6.43. The summed E-state index contributed by atoms with van der Waals surface area (Å²) >= 11 is 0. The Morgan fingerprint density at radius 1 is 1.13 bits per heavy atom. The van der Waals surface area contributed by atoms with Crippen LogP contribution in [0.15, 0.2) is 47.1 Å². The zero-order chi connectivity index (χ0) is 20.9. The Bertz CT molecular complexity index is 1140. The molecule has 3 heterocycles. The molecule has 0 spiro atoms. The van der Waals surface area contributed by atoms with Crippen molar-refractivity contribution in [2.24, 2.45) is 0 Å². The zero-order valence-electron chi connectivity index (χ0n) is 16.3. The van der Waals surface area contributed by atoms with Crippen molar-refractivity contribution in [1.29, 1.82) is 0 Å². The number of nitrogens with zero attached hydrogens (tertiary/aromatic N) is 5. The summed E-state index contributed by atoms with van der Waals surface area (Å²) in [6.45, 7) is 0.850. The molecule has 154 valence electrons. The monoisotopic (exact) mass is 407 g/mol. The molecule has 3 aromatic heterocycles. The first-order chi connectivity index (χ1) is 14.6. The number of fused-ring (bicyclic) bond motifs is 1. The van der Waals surface area contributed by atoms with E-state index in [4.69, 9.17) is 10.2 Å². The molecule has 0 atom stereocenters. The van der Waals surface area contributed by atoms with Crippen molar-refractivity contribution in [3.8, 4) is 11.6 Å². The Labute approximate surface area is 171 Å². The fourth-order valence-corrected chi connectivity index (χ4v) is 2.77. The lowest BCUT2D eigenvalue weighted by Gasteiger charge is -2.08. The average molecular weight is 407 g/mol. The highest BCUT2D eigenvalue weighted by Gasteiger charge is 2.13. The number of anilines is 3. The Morgan fingerprint density at radius 2 is 1.97 bits per heavy atom. The van der Waals surface area contributed by atoms with Gasteiger partial charge in [-0.25, -0.2) is 0 Å². The normalized spacial score (nSPS) is 10.8. The van der Waals surface area contributed by atoms with Crippen LogP contribution in [0.25, 0.3) is 17.4 Å². The van der Waals surface area contributed by atoms with Crippen LogP contribution >= 0.6 is 0 Å². The van der Waals surface area contributed by atoms with Crippen molar-refractivity contribution in [3.63, 3.8) is 0 Å². The van der Waals surface area contributed by atoms with Gasteiger partial charge in [-0.2, -0.15) is 19.5 Å². The molecule has 0 saturated heterocycles. The summed E-state index contributed by atoms with van der Waals surface area (Å²) in [5.74, 6) is 1.75. The van der Waals surface area contributed by atoms with Crippen LogP contribution in [0.4, 0.5) is 17.6 Å². The van der Waals surface area contributed by atoms with Crippen LogP contribution in [-0.2, 0) is 11.2 Å². The van der Waals surface area contributed by atoms with E-state index < -0.39 is 0 Å². The number of carbonyl (C=O) groups excluding carboxylic acids is 1. The Balaban J connectivity index is 1.36. The number of carbonyl (C=O) groups is 1. The lowest BCUT2D eigenvalue weighted by molar-refractivity contribution is -0.118. The Kier molecular flexibility index (Phi) is 5.42. The lowest BCUT2D eigenvalue weighted by Crippen LogP contribution is -2.26. The zero-order valence-corrected chi connectivity index (χ0v) is 16.3. The minimum absolute atomic E-state index is 0.0662. The second-order valence-corrected chi connectivity index (χ2v) is 6.43. The van der Waals surface area contributed by atoms with Crippen LogP contribution in [0, 0.1) is 0 Å². The van der Waals surface area contributed by atoms with Crippen molar-refractivity contribution in [2.45, 2.75) is 6.42 Å². The minimum Gasteiger partial charge on any atom is -0.461 e. The third-order valence-corrected chi connectivity index (χ3v) is 4.36. The van der Waals surface area contributed by atoms with Crippen molar-refractivity contribution in [2.75, 3.05) is 36.5 Å². The smallest absolute Gasteiger partial charge is 0.259 e. The number of nitrogens with one attached hydrogen (secondary N) is 3. The molecule has 0 aliphatic rings. The molecule has 11 nitrogen and oxygen atoms in total. The SMILES string of the molecule is CNC(=O)CNc1ccc(CCNc2nc(N)n3nc(-c4ccco4)nc3n2)cc1. The number of nitrogen functional groups attached to an aromatic ring is 1. The molecular weight excluding hydrogens is 386 g/mol. The topological polar surface area (TPSA) is 148 Å². The molecule has 0 bridgehead atoms. The van der Waals surface area contributed by atoms with Crippen molar-refractivity contribution < 1.29 is 9.21 Å². The number of hydrogen-bond donors (Lipinski definition) is 4. The predicted molar refractivity (Wildman–Crippen MR) is 112 cm³/mol. The maximum Gasteiger partial charge on any atom is 0.259 e. The van der Waals surface area contributed by atoms with Gasteiger partial charge < -0.3 is 26.1 Å². The van der Waals surface area contributed by atoms with E-state index in [1.165, 1.54) is 4.52 Å². The fraction of sp³-hybridized carbons (Fsp3) is 0.211. The van der Waals surface area contributed by atoms with E-state index in [0.29, 0.717) is 29.9 Å². The number of amides is 1. The van der Waals surface area contributed by atoms with Crippen molar-refractivity contribution in [3.05, 3.63) is 48.2 Å². The molecule has 0 fully saturated rings. The molecule has 1 amide bonds. The van der Waals surface area contributed by atoms with E-state index >= 15 is 0 Å². The maximum atomic E-state index is 11.3. The van der Waals surface area contributed by atoms with Gasteiger partial charge in [0, 0.05) is 19.3 Å². The van der Waals surface area contributed by atoms with Gasteiger partial charge in [0.25, 0.3) is 5.78 Å². The Morgan fingerprint density at radius 3 is 2.70 bits per heavy atom. The first-order valence-corrected chi connectivity index (χ1v) is 9.34. The van der Waals surface area contributed by atoms with E-state index in [9.17, 15) is 4.79 Å². The van der Waals surface area contributed by atoms with Crippen LogP contribution in [0.1, 0.15) is 5.56 Å². The lowest BCUT2D eigenvalue weighted by atomic mass is 10.1. The molecule has 0 aliphatic heterocycles. The standard InChI is InChI=1S/C19H21N9O2/c1-21-15(29)11-23-13-6-4-12(5-7-13)8-9-22-18-25-17(20)28-19(26-18)24-16(27-28)14-3-2-10-30-14/h2-7,10,23H,8-9,11H2,1H3,(H,21,29)(H3,20,22,24,25,26,27). The summed E-state index contributed by atoms with van der Waals surface area (Å²) in [5, 5.41) is 13.0. The highest BCUT2D eigenvalue weighted by Crippen LogP contribution is 2.17. The van der Waals surface area contributed by atoms with Gasteiger partial charge in [0.05, 0.1) is 12.8 Å². The molecule has 0 saturated carbocycles. The van der Waals surface area contributed by atoms with Gasteiger partial charge in [0.1, 0.15) is 0 Å². The van der Waals surface area contributed by atoms with Gasteiger partial charge in [-0.15, -0.1) is 5.10 Å². The van der Waals surface area contributed by atoms with Crippen molar-refractivity contribution >= 4 is 29.3 Å². The van der Waals surface area contributed by atoms with Crippen LogP contribution in [0.2, 0.25) is 0 Å². The van der Waals surface area contributed by atoms with Gasteiger partial charge >= 0.3 is 0 Å². The first kappa shape index (κ1) is 19.2. The fourth-order valence-electron chi connectivity index (χ4n) is 2.77. The van der Waals surface area contributed by atoms with E-state index in [0.717, 1.165) is 17.7 Å². The molecule has 30 heavy (non-hydrogen) atoms. The van der Waals surface area contributed by atoms with E-state index in [-0.39, 0.29) is 18.4 Å². The van der Waals surface area contributed by atoms with E-state index in [1.807, 2.05) is 24.3 Å². The number of nitrogens with two attached hydrogens (primary N) is 1. The average Bonchev–Trinajstić information content (AvgIpc) is 3.43. The number of hydrogen-bond acceptors (Lipinski definition) is 9. The third-order valence-electron chi connectivity index (χ3n) is 4.36. The predicted octanol–water partition coefficient (Wildman–Crippen LogP) is 1.17. The molecule has 0 aliphatic carbocycles. The van der Waals surface area contributed by atoms with Gasteiger partial charge in [-0.05, 0) is 36.2 Å². The third kappa shape index (κ3) is 4.29. The quantitative estimate of drug-likeness (QED) is 0.338. The number of aromatic nitrogens is 5. The highest BCUT2D eigenvalue weighted by atomic mass is 16.3. The van der Waals surface area contributed by atoms with Gasteiger partial charge in [-0.3, -0.25) is 4.79 Å². The molecule has 4 rings (SSSR count). The summed E-state index contributed by atoms with van der Waals surface area (Å²) in [6.07, 6.45) is 2.31. The van der Waals surface area contributed by atoms with Gasteiger partial charge in [0.2, 0.25) is 23.6 Å². The molecule has 0 unspecified atom stereocenters. The molecule has 0 radical (unpaired) electrons. The van der Waals surface area contributed by atoms with Crippen molar-refractivity contribution in [1.82, 2.24) is 29.9 Å². The van der Waals surface area contributed by atoms with E-state index in [2.05, 4.69) is 36.0 Å². The summed E-state index contributed by atoms with van der Waals surface area (Å²) in [6, 6.07) is 11.4. The molecule has 11 heteroatoms. The Hall–Kier alpha value is -4.15. The second kappa shape index (κ2) is 8.47. The number of likely N-dealkylation sites (N-methyl/N-ethyl adjacent to an activating group) is 1. The highest BCUT2D eigenvalue weighted by molar-refractivity contribution is 5.80. The summed E-state index contributed by atoms with van der Waals surface area (Å²) in [7, 11) is 1.61. The molecule has 1 aromatic carbocycles. The van der Waals surface area contributed by atoms with E-state index in [1.54, 1.807) is 25.4 Å². The number of benzene rings is 1. The summed E-state index contributed by atoms with van der Waals surface area (Å²) in [4.78, 5) is 24.2. The van der Waals surface area contributed by atoms with Crippen LogP contribution < -0.4 is 21.7 Å². The van der Waals surface area contributed by atoms with Gasteiger partial charge in [0.15, 0.2) is 5.76 Å². The van der Waals surface area contributed by atoms with Crippen LogP contribution in [0.5, 0.6) is 0 Å². The van der Waals surface area contributed by atoms with Crippen LogP contribution in [0.3, 0.4) is 0 Å².